The number of sulfonamides is 1. The molecule has 0 aromatic heterocycles. The van der Waals surface area contributed by atoms with Crippen LogP contribution in [0.1, 0.15) is 12.5 Å². The van der Waals surface area contributed by atoms with Gasteiger partial charge in [-0.15, -0.1) is 0 Å². The number of hydrogen-bond acceptors (Lipinski definition) is 5. The molecule has 0 aliphatic heterocycles. The van der Waals surface area contributed by atoms with Crippen LogP contribution in [-0.4, -0.2) is 27.5 Å². The Morgan fingerprint density at radius 3 is 2.33 bits per heavy atom. The molecular weight excluding hydrogens is 328 g/mol. The van der Waals surface area contributed by atoms with Gasteiger partial charge in [-0.05, 0) is 48.7 Å². The summed E-state index contributed by atoms with van der Waals surface area (Å²) in [6.45, 7) is 3.38. The number of aryl methyl sites for hydroxylation is 1. The van der Waals surface area contributed by atoms with E-state index in [9.17, 15) is 13.2 Å². The molecule has 6 nitrogen and oxygen atoms in total. The highest BCUT2D eigenvalue weighted by atomic mass is 32.2. The minimum absolute atomic E-state index is 0.0793. The quantitative estimate of drug-likeness (QED) is 0.615. The third-order valence-corrected chi connectivity index (χ3v) is 4.91. The van der Waals surface area contributed by atoms with Crippen molar-refractivity contribution >= 4 is 21.7 Å². The van der Waals surface area contributed by atoms with Crippen LogP contribution in [0.15, 0.2) is 47.4 Å². The third-order valence-electron chi connectivity index (χ3n) is 3.49. The van der Waals surface area contributed by atoms with E-state index in [2.05, 4.69) is 4.72 Å². The van der Waals surface area contributed by atoms with Gasteiger partial charge in [0, 0.05) is 5.69 Å². The summed E-state index contributed by atoms with van der Waals surface area (Å²) in [5.41, 5.74) is 9.32. The Bertz CT molecular complexity index is 830. The fraction of sp³-hybridized carbons (Fsp3) is 0.235. The SMILES string of the molecule is CCOC(=O)CNS(=O)(=O)c1ccc(-c2ccc(C)c(N)c2)cc1. The Kier molecular flexibility index (Phi) is 5.58. The van der Waals surface area contributed by atoms with Gasteiger partial charge >= 0.3 is 5.97 Å². The van der Waals surface area contributed by atoms with Gasteiger partial charge in [0.25, 0.3) is 0 Å². The second-order valence-corrected chi connectivity index (χ2v) is 6.99. The summed E-state index contributed by atoms with van der Waals surface area (Å²) >= 11 is 0. The minimum Gasteiger partial charge on any atom is -0.465 e. The van der Waals surface area contributed by atoms with Crippen LogP contribution in [0.4, 0.5) is 5.69 Å². The first-order valence-corrected chi connectivity index (χ1v) is 8.93. The summed E-state index contributed by atoms with van der Waals surface area (Å²) in [5.74, 6) is -0.618. The second kappa shape index (κ2) is 7.46. The van der Waals surface area contributed by atoms with Crippen molar-refractivity contribution in [2.24, 2.45) is 0 Å². The van der Waals surface area contributed by atoms with E-state index in [-0.39, 0.29) is 11.5 Å². The van der Waals surface area contributed by atoms with Crippen LogP contribution in [0.2, 0.25) is 0 Å². The van der Waals surface area contributed by atoms with Crippen LogP contribution < -0.4 is 10.5 Å². The fourth-order valence-corrected chi connectivity index (χ4v) is 3.06. The van der Waals surface area contributed by atoms with Crippen LogP contribution in [-0.2, 0) is 19.6 Å². The van der Waals surface area contributed by atoms with Crippen LogP contribution >= 0.6 is 0 Å². The lowest BCUT2D eigenvalue weighted by atomic mass is 10.0. The summed E-state index contributed by atoms with van der Waals surface area (Å²) in [5, 5.41) is 0. The number of rotatable bonds is 6. The lowest BCUT2D eigenvalue weighted by molar-refractivity contribution is -0.141. The summed E-state index contributed by atoms with van der Waals surface area (Å²) in [6, 6.07) is 12.0. The van der Waals surface area contributed by atoms with Gasteiger partial charge in [0.2, 0.25) is 10.0 Å². The molecule has 2 aromatic rings. The van der Waals surface area contributed by atoms with Gasteiger partial charge in [-0.2, -0.15) is 4.72 Å². The first kappa shape index (κ1) is 18.0. The van der Waals surface area contributed by atoms with E-state index < -0.39 is 22.5 Å². The Balaban J connectivity index is 2.16. The number of carbonyl (C=O) groups excluding carboxylic acids is 1. The van der Waals surface area contributed by atoms with Gasteiger partial charge in [0.15, 0.2) is 0 Å². The highest BCUT2D eigenvalue weighted by Crippen LogP contribution is 2.24. The van der Waals surface area contributed by atoms with Crippen molar-refractivity contribution in [3.8, 4) is 11.1 Å². The molecule has 2 rings (SSSR count). The molecule has 24 heavy (non-hydrogen) atoms. The molecule has 3 N–H and O–H groups in total. The Morgan fingerprint density at radius 2 is 1.75 bits per heavy atom. The second-order valence-electron chi connectivity index (χ2n) is 5.23. The van der Waals surface area contributed by atoms with Crippen LogP contribution in [0.25, 0.3) is 11.1 Å². The topological polar surface area (TPSA) is 98.5 Å². The Morgan fingerprint density at radius 1 is 1.12 bits per heavy atom. The summed E-state index contributed by atoms with van der Waals surface area (Å²) in [6.07, 6.45) is 0. The van der Waals surface area contributed by atoms with Crippen LogP contribution in [0.5, 0.6) is 0 Å². The zero-order valence-corrected chi connectivity index (χ0v) is 14.4. The summed E-state index contributed by atoms with van der Waals surface area (Å²) in [4.78, 5) is 11.3. The van der Waals surface area contributed by atoms with E-state index in [1.165, 1.54) is 12.1 Å². The van der Waals surface area contributed by atoms with Crippen LogP contribution in [0.3, 0.4) is 0 Å². The van der Waals surface area contributed by atoms with Crippen molar-refractivity contribution in [2.45, 2.75) is 18.7 Å². The lowest BCUT2D eigenvalue weighted by Gasteiger charge is -2.08. The molecule has 128 valence electrons. The smallest absolute Gasteiger partial charge is 0.321 e. The first-order chi connectivity index (χ1) is 11.3. The highest BCUT2D eigenvalue weighted by molar-refractivity contribution is 7.89. The molecule has 2 aromatic carbocycles. The molecule has 0 radical (unpaired) electrons. The van der Waals surface area contributed by atoms with Crippen molar-refractivity contribution in [1.82, 2.24) is 4.72 Å². The Hall–Kier alpha value is -2.38. The van der Waals surface area contributed by atoms with Crippen LogP contribution in [0, 0.1) is 6.92 Å². The number of benzene rings is 2. The average molecular weight is 348 g/mol. The molecule has 0 fully saturated rings. The first-order valence-electron chi connectivity index (χ1n) is 7.45. The molecule has 0 amide bonds. The van der Waals surface area contributed by atoms with Crippen molar-refractivity contribution in [1.29, 1.82) is 0 Å². The molecule has 0 atom stereocenters. The standard InChI is InChI=1S/C17H20N2O4S/c1-3-23-17(20)11-19-24(21,22)15-8-6-13(7-9-15)14-5-4-12(2)16(18)10-14/h4-10,19H,3,11,18H2,1-2H3. The van der Waals surface area contributed by atoms with Crippen molar-refractivity contribution < 1.29 is 17.9 Å². The molecule has 0 aliphatic carbocycles. The third kappa shape index (κ3) is 4.33. The lowest BCUT2D eigenvalue weighted by Crippen LogP contribution is -2.30. The van der Waals surface area contributed by atoms with E-state index in [4.69, 9.17) is 10.5 Å². The van der Waals surface area contributed by atoms with E-state index in [0.717, 1.165) is 16.7 Å². The number of nitrogens with two attached hydrogens (primary N) is 1. The van der Waals surface area contributed by atoms with E-state index in [0.29, 0.717) is 5.69 Å². The van der Waals surface area contributed by atoms with Gasteiger partial charge in [-0.3, -0.25) is 4.79 Å². The van der Waals surface area contributed by atoms with Gasteiger partial charge in [-0.1, -0.05) is 24.3 Å². The number of anilines is 1. The van der Waals surface area contributed by atoms with Crippen molar-refractivity contribution in [3.05, 3.63) is 48.0 Å². The molecule has 0 bridgehead atoms. The number of carbonyl (C=O) groups is 1. The molecule has 0 spiro atoms. The molecule has 0 saturated carbocycles. The normalized spacial score (nSPS) is 11.2. The maximum atomic E-state index is 12.1. The molecule has 0 heterocycles. The number of ether oxygens (including phenoxy) is 1. The molecule has 0 saturated heterocycles. The number of nitrogens with one attached hydrogen (secondary N) is 1. The van der Waals surface area contributed by atoms with Gasteiger partial charge < -0.3 is 10.5 Å². The van der Waals surface area contributed by atoms with Crippen molar-refractivity contribution in [2.75, 3.05) is 18.9 Å². The van der Waals surface area contributed by atoms with E-state index in [1.807, 2.05) is 25.1 Å². The maximum absolute atomic E-state index is 12.1. The maximum Gasteiger partial charge on any atom is 0.321 e. The molecule has 7 heteroatoms. The van der Waals surface area contributed by atoms with Gasteiger partial charge in [0.1, 0.15) is 6.54 Å². The van der Waals surface area contributed by atoms with Gasteiger partial charge in [-0.25, -0.2) is 8.42 Å². The van der Waals surface area contributed by atoms with E-state index in [1.54, 1.807) is 19.1 Å². The number of nitrogen functional groups attached to an aromatic ring is 1. The summed E-state index contributed by atoms with van der Waals surface area (Å²) < 4.78 is 31.2. The fourth-order valence-electron chi connectivity index (χ4n) is 2.10. The molecular formula is C17H20N2O4S. The monoisotopic (exact) mass is 348 g/mol. The zero-order chi connectivity index (χ0) is 17.7. The molecule has 0 unspecified atom stereocenters. The van der Waals surface area contributed by atoms with Gasteiger partial charge in [0.05, 0.1) is 11.5 Å². The highest BCUT2D eigenvalue weighted by Gasteiger charge is 2.16. The zero-order valence-electron chi connectivity index (χ0n) is 13.6. The predicted octanol–water partition coefficient (Wildman–Crippen LogP) is 2.09. The number of hydrogen-bond donors (Lipinski definition) is 2. The Labute approximate surface area is 141 Å². The minimum atomic E-state index is -3.76. The largest absolute Gasteiger partial charge is 0.465 e. The average Bonchev–Trinajstić information content (AvgIpc) is 2.56. The summed E-state index contributed by atoms with van der Waals surface area (Å²) in [7, 11) is -3.76. The van der Waals surface area contributed by atoms with E-state index >= 15 is 0 Å². The van der Waals surface area contributed by atoms with Crippen molar-refractivity contribution in [3.63, 3.8) is 0 Å². The predicted molar refractivity (Wildman–Crippen MR) is 92.8 cm³/mol. The number of esters is 1. The molecule has 0 aliphatic rings.